The fourth-order valence-corrected chi connectivity index (χ4v) is 2.47. The van der Waals surface area contributed by atoms with E-state index in [1.807, 2.05) is 0 Å². The number of halogens is 2. The molecule has 0 aliphatic carbocycles. The number of carbonyl (C=O) groups excluding carboxylic acids is 2. The van der Waals surface area contributed by atoms with Gasteiger partial charge in [-0.15, -0.1) is 12.4 Å². The SMILES string of the molecule is COCCNCC(=O)N1CCC(NC(=O)Nc2ccc(F)cc2)C1.Cl. The maximum Gasteiger partial charge on any atom is 0.319 e. The minimum absolute atomic E-state index is 0. The minimum atomic E-state index is -0.362. The molecule has 1 aliphatic rings. The first-order chi connectivity index (χ1) is 11.6. The molecular weight excluding hydrogens is 351 g/mol. The second kappa shape index (κ2) is 10.9. The Bertz CT molecular complexity index is 559. The van der Waals surface area contributed by atoms with Gasteiger partial charge in [0.25, 0.3) is 0 Å². The molecule has 1 fully saturated rings. The summed E-state index contributed by atoms with van der Waals surface area (Å²) in [7, 11) is 1.61. The second-order valence-corrected chi connectivity index (χ2v) is 5.60. The van der Waals surface area contributed by atoms with Crippen molar-refractivity contribution in [3.63, 3.8) is 0 Å². The van der Waals surface area contributed by atoms with Gasteiger partial charge in [0.05, 0.1) is 13.2 Å². The summed E-state index contributed by atoms with van der Waals surface area (Å²) >= 11 is 0. The first kappa shape index (κ1) is 21.1. The molecule has 1 aromatic carbocycles. The molecular formula is C16H24ClFN4O3. The van der Waals surface area contributed by atoms with E-state index in [0.717, 1.165) is 0 Å². The lowest BCUT2D eigenvalue weighted by Gasteiger charge is -2.17. The van der Waals surface area contributed by atoms with Crippen molar-refractivity contribution in [3.05, 3.63) is 30.1 Å². The highest BCUT2D eigenvalue weighted by atomic mass is 35.5. The highest BCUT2D eigenvalue weighted by Crippen LogP contribution is 2.11. The zero-order chi connectivity index (χ0) is 17.4. The molecule has 0 bridgehead atoms. The van der Waals surface area contributed by atoms with Crippen molar-refractivity contribution in [3.8, 4) is 0 Å². The molecule has 25 heavy (non-hydrogen) atoms. The van der Waals surface area contributed by atoms with E-state index in [2.05, 4.69) is 16.0 Å². The van der Waals surface area contributed by atoms with Crippen molar-refractivity contribution < 1.29 is 18.7 Å². The zero-order valence-corrected chi connectivity index (χ0v) is 14.9. The van der Waals surface area contributed by atoms with Crippen LogP contribution < -0.4 is 16.0 Å². The molecule has 140 valence electrons. The molecule has 1 saturated heterocycles. The van der Waals surface area contributed by atoms with E-state index in [1.54, 1.807) is 12.0 Å². The highest BCUT2D eigenvalue weighted by Gasteiger charge is 2.26. The van der Waals surface area contributed by atoms with Crippen LogP contribution in [0.5, 0.6) is 0 Å². The van der Waals surface area contributed by atoms with Crippen LogP contribution in [0.4, 0.5) is 14.9 Å². The quantitative estimate of drug-likeness (QED) is 0.626. The van der Waals surface area contributed by atoms with Crippen molar-refractivity contribution in [1.29, 1.82) is 0 Å². The third-order valence-corrected chi connectivity index (χ3v) is 3.74. The lowest BCUT2D eigenvalue weighted by atomic mass is 10.3. The van der Waals surface area contributed by atoms with Crippen molar-refractivity contribution in [2.24, 2.45) is 0 Å². The van der Waals surface area contributed by atoms with Crippen LogP contribution in [-0.4, -0.2) is 62.8 Å². The average Bonchev–Trinajstić information content (AvgIpc) is 3.02. The third kappa shape index (κ3) is 7.25. The molecule has 1 atom stereocenters. The number of benzene rings is 1. The summed E-state index contributed by atoms with van der Waals surface area (Å²) in [6, 6.07) is 5.09. The number of urea groups is 1. The number of methoxy groups -OCH3 is 1. The minimum Gasteiger partial charge on any atom is -0.383 e. The molecule has 9 heteroatoms. The van der Waals surface area contributed by atoms with E-state index in [9.17, 15) is 14.0 Å². The first-order valence-electron chi connectivity index (χ1n) is 7.89. The number of likely N-dealkylation sites (tertiary alicyclic amines) is 1. The van der Waals surface area contributed by atoms with Crippen LogP contribution in [0.2, 0.25) is 0 Å². The topological polar surface area (TPSA) is 82.7 Å². The summed E-state index contributed by atoms with van der Waals surface area (Å²) in [6.07, 6.45) is 0.709. The molecule has 1 heterocycles. The van der Waals surface area contributed by atoms with E-state index in [0.29, 0.717) is 38.3 Å². The third-order valence-electron chi connectivity index (χ3n) is 3.74. The number of ether oxygens (including phenoxy) is 1. The molecule has 0 radical (unpaired) electrons. The Balaban J connectivity index is 0.00000312. The average molecular weight is 375 g/mol. The summed E-state index contributed by atoms with van der Waals surface area (Å²) in [6.45, 7) is 2.55. The number of hydrogen-bond donors (Lipinski definition) is 3. The first-order valence-corrected chi connectivity index (χ1v) is 7.89. The van der Waals surface area contributed by atoms with Crippen LogP contribution in [0.15, 0.2) is 24.3 Å². The Morgan fingerprint density at radius 1 is 1.32 bits per heavy atom. The molecule has 3 N–H and O–H groups in total. The van der Waals surface area contributed by atoms with Gasteiger partial charge < -0.3 is 25.6 Å². The van der Waals surface area contributed by atoms with Gasteiger partial charge in [-0.3, -0.25) is 4.79 Å². The molecule has 2 rings (SSSR count). The fourth-order valence-electron chi connectivity index (χ4n) is 2.47. The van der Waals surface area contributed by atoms with Gasteiger partial charge in [0, 0.05) is 38.5 Å². The van der Waals surface area contributed by atoms with Crippen molar-refractivity contribution in [2.75, 3.05) is 45.2 Å². The number of nitrogens with one attached hydrogen (secondary N) is 3. The van der Waals surface area contributed by atoms with Crippen LogP contribution in [0.25, 0.3) is 0 Å². The molecule has 1 aliphatic heterocycles. The van der Waals surface area contributed by atoms with Gasteiger partial charge in [-0.1, -0.05) is 0 Å². The van der Waals surface area contributed by atoms with Crippen LogP contribution in [0.3, 0.4) is 0 Å². The predicted octanol–water partition coefficient (Wildman–Crippen LogP) is 1.21. The Morgan fingerprint density at radius 3 is 2.72 bits per heavy atom. The zero-order valence-electron chi connectivity index (χ0n) is 14.1. The maximum atomic E-state index is 12.8. The Kier molecular flexibility index (Phi) is 9.18. The largest absolute Gasteiger partial charge is 0.383 e. The van der Waals surface area contributed by atoms with Crippen LogP contribution in [0, 0.1) is 5.82 Å². The van der Waals surface area contributed by atoms with E-state index in [-0.39, 0.29) is 42.7 Å². The highest BCUT2D eigenvalue weighted by molar-refractivity contribution is 5.89. The molecule has 7 nitrogen and oxygen atoms in total. The summed E-state index contributed by atoms with van der Waals surface area (Å²) in [4.78, 5) is 25.7. The van der Waals surface area contributed by atoms with Gasteiger partial charge in [0.2, 0.25) is 5.91 Å². The summed E-state index contributed by atoms with van der Waals surface area (Å²) in [5.41, 5.74) is 0.516. The molecule has 1 aromatic rings. The van der Waals surface area contributed by atoms with E-state index in [1.165, 1.54) is 24.3 Å². The smallest absolute Gasteiger partial charge is 0.319 e. The van der Waals surface area contributed by atoms with Gasteiger partial charge in [0.15, 0.2) is 0 Å². The second-order valence-electron chi connectivity index (χ2n) is 5.60. The van der Waals surface area contributed by atoms with Crippen molar-refractivity contribution >= 4 is 30.0 Å². The number of rotatable bonds is 7. The number of hydrogen-bond acceptors (Lipinski definition) is 4. The molecule has 3 amide bonds. The molecule has 1 unspecified atom stereocenters. The van der Waals surface area contributed by atoms with Crippen LogP contribution >= 0.6 is 12.4 Å². The van der Waals surface area contributed by atoms with E-state index in [4.69, 9.17) is 4.74 Å². The Hall–Kier alpha value is -1.90. The Labute approximate surface area is 152 Å². The van der Waals surface area contributed by atoms with Crippen molar-refractivity contribution in [2.45, 2.75) is 12.5 Å². The van der Waals surface area contributed by atoms with E-state index < -0.39 is 0 Å². The lowest BCUT2D eigenvalue weighted by molar-refractivity contribution is -0.129. The standard InChI is InChI=1S/C16H23FN4O3.ClH/c1-24-9-7-18-10-15(22)21-8-6-14(11-21)20-16(23)19-13-4-2-12(17)3-5-13;/h2-5,14,18H,6-11H2,1H3,(H2,19,20,23);1H. The number of anilines is 1. The van der Waals surface area contributed by atoms with Crippen LogP contribution in [-0.2, 0) is 9.53 Å². The van der Waals surface area contributed by atoms with Crippen LogP contribution in [0.1, 0.15) is 6.42 Å². The molecule has 0 saturated carbocycles. The van der Waals surface area contributed by atoms with Gasteiger partial charge in [-0.05, 0) is 30.7 Å². The summed E-state index contributed by atoms with van der Waals surface area (Å²) in [5.74, 6) is -0.348. The van der Waals surface area contributed by atoms with Gasteiger partial charge >= 0.3 is 6.03 Å². The lowest BCUT2D eigenvalue weighted by Crippen LogP contribution is -2.42. The normalized spacial score (nSPS) is 16.2. The number of carbonyl (C=O) groups is 2. The van der Waals surface area contributed by atoms with Gasteiger partial charge in [0.1, 0.15) is 5.82 Å². The number of amides is 3. The fraction of sp³-hybridized carbons (Fsp3) is 0.500. The maximum absolute atomic E-state index is 12.8. The van der Waals surface area contributed by atoms with Gasteiger partial charge in [-0.2, -0.15) is 0 Å². The number of nitrogens with zero attached hydrogens (tertiary/aromatic N) is 1. The predicted molar refractivity (Wildman–Crippen MR) is 95.5 cm³/mol. The summed E-state index contributed by atoms with van der Waals surface area (Å²) < 4.78 is 17.7. The Morgan fingerprint density at radius 2 is 2.04 bits per heavy atom. The molecule has 0 aromatic heterocycles. The van der Waals surface area contributed by atoms with Crippen molar-refractivity contribution in [1.82, 2.24) is 15.5 Å². The summed E-state index contributed by atoms with van der Waals surface area (Å²) in [5, 5.41) is 8.48. The van der Waals surface area contributed by atoms with E-state index >= 15 is 0 Å². The molecule has 0 spiro atoms. The van der Waals surface area contributed by atoms with Gasteiger partial charge in [-0.25, -0.2) is 9.18 Å². The monoisotopic (exact) mass is 374 g/mol.